The first-order chi connectivity index (χ1) is 13.1. The minimum absolute atomic E-state index is 0.504. The molecule has 0 N–H and O–H groups in total. The fraction of sp³-hybridized carbons (Fsp3) is 0.667. The molecular formula is C15H14F13N2+. The second-order valence-electron chi connectivity index (χ2n) is 6.44. The van der Waals surface area contributed by atoms with Crippen molar-refractivity contribution in [3.05, 3.63) is 24.5 Å². The summed E-state index contributed by atoms with van der Waals surface area (Å²) in [5.41, 5.74) is 0.504. The molecule has 0 saturated carbocycles. The molecule has 0 aliphatic rings. The lowest BCUT2D eigenvalue weighted by atomic mass is 9.92. The van der Waals surface area contributed by atoms with Gasteiger partial charge in [-0.3, -0.25) is 0 Å². The van der Waals surface area contributed by atoms with Crippen molar-refractivity contribution in [2.45, 2.75) is 48.8 Å². The van der Waals surface area contributed by atoms with Gasteiger partial charge in [-0.05, 0) is 0 Å². The van der Waals surface area contributed by atoms with Crippen molar-refractivity contribution in [2.24, 2.45) is 0 Å². The third-order valence-corrected chi connectivity index (χ3v) is 4.07. The first-order valence-corrected chi connectivity index (χ1v) is 7.75. The van der Waals surface area contributed by atoms with E-state index in [2.05, 4.69) is 0 Å². The molecule has 1 aromatic rings. The Morgan fingerprint density at radius 2 is 1.07 bits per heavy atom. The molecule has 1 rings (SSSR count). The van der Waals surface area contributed by atoms with Gasteiger partial charge in [-0.25, -0.2) is 4.57 Å². The largest absolute Gasteiger partial charge is 0.460 e. The van der Waals surface area contributed by atoms with E-state index in [0.717, 1.165) is 17.0 Å². The summed E-state index contributed by atoms with van der Waals surface area (Å²) in [5, 5.41) is 0. The number of hydrogen-bond acceptors (Lipinski definition) is 1. The van der Waals surface area contributed by atoms with Crippen LogP contribution in [0, 0.1) is 0 Å². The number of halogens is 13. The highest BCUT2D eigenvalue weighted by molar-refractivity contribution is 5.41. The Bertz CT molecular complexity index is 723. The minimum atomic E-state index is -7.87. The number of nitrogens with zero attached hydrogens (tertiary/aromatic N) is 2. The van der Waals surface area contributed by atoms with E-state index in [1.54, 1.807) is 14.1 Å². The molecule has 0 aliphatic heterocycles. The van der Waals surface area contributed by atoms with Gasteiger partial charge in [0.2, 0.25) is 0 Å². The number of hydrogen-bond donors (Lipinski definition) is 0. The van der Waals surface area contributed by atoms with Crippen LogP contribution >= 0.6 is 0 Å². The first kappa shape index (κ1) is 26.1. The van der Waals surface area contributed by atoms with Crippen molar-refractivity contribution in [1.82, 2.24) is 0 Å². The first-order valence-electron chi connectivity index (χ1n) is 7.75. The highest BCUT2D eigenvalue weighted by Gasteiger charge is 2.90. The van der Waals surface area contributed by atoms with Crippen LogP contribution in [0.15, 0.2) is 24.5 Å². The van der Waals surface area contributed by atoms with Crippen LogP contribution in [0.4, 0.5) is 62.8 Å². The minimum Gasteiger partial charge on any atom is -0.377 e. The Morgan fingerprint density at radius 1 is 0.667 bits per heavy atom. The van der Waals surface area contributed by atoms with Crippen molar-refractivity contribution in [2.75, 3.05) is 19.0 Å². The summed E-state index contributed by atoms with van der Waals surface area (Å²) >= 11 is 0. The van der Waals surface area contributed by atoms with Crippen molar-refractivity contribution in [3.63, 3.8) is 0 Å². The van der Waals surface area contributed by atoms with E-state index in [4.69, 9.17) is 0 Å². The number of pyridine rings is 1. The number of anilines is 1. The van der Waals surface area contributed by atoms with Gasteiger partial charge in [-0.2, -0.15) is 57.1 Å². The van der Waals surface area contributed by atoms with Gasteiger partial charge in [0.15, 0.2) is 18.9 Å². The zero-order chi connectivity index (χ0) is 24.0. The van der Waals surface area contributed by atoms with Crippen LogP contribution < -0.4 is 9.47 Å². The van der Waals surface area contributed by atoms with Crippen LogP contribution in [0.3, 0.4) is 0 Å². The highest BCUT2D eigenvalue weighted by Crippen LogP contribution is 2.60. The molecule has 15 heteroatoms. The van der Waals surface area contributed by atoms with Crippen LogP contribution in [-0.2, 0) is 6.54 Å². The Labute approximate surface area is 160 Å². The summed E-state index contributed by atoms with van der Waals surface area (Å²) < 4.78 is 170. The van der Waals surface area contributed by atoms with Crippen molar-refractivity contribution >= 4 is 5.69 Å². The van der Waals surface area contributed by atoms with Gasteiger partial charge in [0.25, 0.3) is 0 Å². The number of alkyl halides is 13. The topological polar surface area (TPSA) is 7.12 Å². The fourth-order valence-electron chi connectivity index (χ4n) is 2.13. The monoisotopic (exact) mass is 469 g/mol. The maximum Gasteiger partial charge on any atom is 0.460 e. The zero-order valence-electron chi connectivity index (χ0n) is 15.0. The standard InChI is InChI=1S/C15H14F13N2/c1-29(2)9-3-6-30(7-4-9)8-5-10(16,17)11(18,19)12(20,21)13(22,23)14(24,25)15(26,27)28/h3-4,6-7H,5,8H2,1-2H3/q+1. The quantitative estimate of drug-likeness (QED) is 0.377. The molecule has 0 radical (unpaired) electrons. The molecule has 0 aliphatic carbocycles. The second kappa shape index (κ2) is 7.62. The average molecular weight is 469 g/mol. The molecule has 174 valence electrons. The van der Waals surface area contributed by atoms with Crippen molar-refractivity contribution < 1.29 is 61.6 Å². The second-order valence-corrected chi connectivity index (χ2v) is 6.44. The fourth-order valence-corrected chi connectivity index (χ4v) is 2.13. The van der Waals surface area contributed by atoms with Gasteiger partial charge in [-0.1, -0.05) is 0 Å². The van der Waals surface area contributed by atoms with E-state index < -0.39 is 48.8 Å². The SMILES string of the molecule is CN(C)c1cc[n+](CCC(F)(F)C(F)(F)C(F)(F)C(F)(F)C(F)(F)C(F)(F)F)cc1. The molecule has 0 fully saturated rings. The summed E-state index contributed by atoms with van der Waals surface area (Å²) in [6.45, 7) is -1.17. The molecular weight excluding hydrogens is 455 g/mol. The van der Waals surface area contributed by atoms with Crippen LogP contribution in [0.25, 0.3) is 0 Å². The zero-order valence-corrected chi connectivity index (χ0v) is 15.0. The Balaban J connectivity index is 3.19. The molecule has 0 unspecified atom stereocenters. The number of rotatable bonds is 8. The Hall–Kier alpha value is -1.96. The lowest BCUT2D eigenvalue weighted by Crippen LogP contribution is -2.70. The van der Waals surface area contributed by atoms with E-state index >= 15 is 0 Å². The summed E-state index contributed by atoms with van der Waals surface area (Å²) in [6, 6.07) is 2.56. The summed E-state index contributed by atoms with van der Waals surface area (Å²) in [4.78, 5) is 1.54. The average Bonchev–Trinajstić information content (AvgIpc) is 2.58. The normalized spacial score (nSPS) is 14.8. The molecule has 0 spiro atoms. The van der Waals surface area contributed by atoms with Gasteiger partial charge < -0.3 is 4.90 Å². The van der Waals surface area contributed by atoms with E-state index in [1.165, 1.54) is 17.0 Å². The maximum absolute atomic E-state index is 13.7. The van der Waals surface area contributed by atoms with Crippen LogP contribution in [0.2, 0.25) is 0 Å². The van der Waals surface area contributed by atoms with E-state index in [9.17, 15) is 57.1 Å². The molecule has 1 aromatic heterocycles. The molecule has 0 amide bonds. The van der Waals surface area contributed by atoms with E-state index in [0.29, 0.717) is 5.69 Å². The third-order valence-electron chi connectivity index (χ3n) is 4.07. The molecule has 0 atom stereocenters. The smallest absolute Gasteiger partial charge is 0.377 e. The predicted molar refractivity (Wildman–Crippen MR) is 76.4 cm³/mol. The van der Waals surface area contributed by atoms with Gasteiger partial charge in [-0.15, -0.1) is 0 Å². The highest BCUT2D eigenvalue weighted by atomic mass is 19.4. The number of aromatic nitrogens is 1. The van der Waals surface area contributed by atoms with Gasteiger partial charge in [0, 0.05) is 31.9 Å². The van der Waals surface area contributed by atoms with Crippen molar-refractivity contribution in [1.29, 1.82) is 0 Å². The van der Waals surface area contributed by atoms with Gasteiger partial charge >= 0.3 is 35.8 Å². The molecule has 0 aromatic carbocycles. The van der Waals surface area contributed by atoms with Crippen LogP contribution in [0.1, 0.15) is 6.42 Å². The lowest BCUT2D eigenvalue weighted by Gasteiger charge is -2.39. The maximum atomic E-state index is 13.7. The summed E-state index contributed by atoms with van der Waals surface area (Å²) in [6.07, 6.45) is -7.60. The summed E-state index contributed by atoms with van der Waals surface area (Å²) in [5.74, 6) is -36.6. The lowest BCUT2D eigenvalue weighted by molar-refractivity contribution is -0.700. The van der Waals surface area contributed by atoms with Gasteiger partial charge in [0.05, 0.1) is 6.42 Å². The van der Waals surface area contributed by atoms with Gasteiger partial charge in [0.1, 0.15) is 0 Å². The molecule has 0 bridgehead atoms. The van der Waals surface area contributed by atoms with Crippen LogP contribution in [0.5, 0.6) is 0 Å². The number of aryl methyl sites for hydroxylation is 1. The van der Waals surface area contributed by atoms with E-state index in [1.807, 2.05) is 0 Å². The van der Waals surface area contributed by atoms with Crippen molar-refractivity contribution in [3.8, 4) is 0 Å². The van der Waals surface area contributed by atoms with E-state index in [-0.39, 0.29) is 0 Å². The molecule has 2 nitrogen and oxygen atoms in total. The summed E-state index contributed by atoms with van der Waals surface area (Å²) in [7, 11) is 3.15. The Morgan fingerprint density at radius 3 is 1.43 bits per heavy atom. The molecule has 1 heterocycles. The predicted octanol–water partition coefficient (Wildman–Crippen LogP) is 5.17. The Kier molecular flexibility index (Phi) is 6.63. The molecule has 0 saturated heterocycles. The third kappa shape index (κ3) is 4.11. The van der Waals surface area contributed by atoms with Crippen LogP contribution in [-0.4, -0.2) is 49.9 Å². The molecule has 30 heavy (non-hydrogen) atoms.